The molecule has 7 heteroatoms. The number of amides is 2. The molecule has 0 saturated carbocycles. The van der Waals surface area contributed by atoms with Crippen molar-refractivity contribution < 1.29 is 19.1 Å². The molecular formula is C19H23N3O4. The molecule has 0 unspecified atom stereocenters. The van der Waals surface area contributed by atoms with Crippen LogP contribution in [0, 0.1) is 0 Å². The van der Waals surface area contributed by atoms with Crippen molar-refractivity contribution in [1.29, 1.82) is 0 Å². The quantitative estimate of drug-likeness (QED) is 0.783. The van der Waals surface area contributed by atoms with E-state index >= 15 is 0 Å². The van der Waals surface area contributed by atoms with Crippen LogP contribution in [0.3, 0.4) is 0 Å². The van der Waals surface area contributed by atoms with Gasteiger partial charge in [0.25, 0.3) is 0 Å². The first-order valence-corrected chi connectivity index (χ1v) is 8.21. The highest BCUT2D eigenvalue weighted by Gasteiger charge is 2.18. The Morgan fingerprint density at radius 3 is 2.62 bits per heavy atom. The second kappa shape index (κ2) is 9.41. The van der Waals surface area contributed by atoms with Gasteiger partial charge in [-0.25, -0.2) is 0 Å². The first-order valence-electron chi connectivity index (χ1n) is 8.21. The molecule has 2 amide bonds. The summed E-state index contributed by atoms with van der Waals surface area (Å²) in [5.41, 5.74) is 1.48. The van der Waals surface area contributed by atoms with Crippen LogP contribution in [0.25, 0.3) is 0 Å². The molecule has 138 valence electrons. The summed E-state index contributed by atoms with van der Waals surface area (Å²) >= 11 is 0. The van der Waals surface area contributed by atoms with E-state index in [-0.39, 0.29) is 24.8 Å². The van der Waals surface area contributed by atoms with Crippen LogP contribution in [0.4, 0.5) is 5.69 Å². The maximum Gasteiger partial charge on any atom is 0.223 e. The third-order valence-electron chi connectivity index (χ3n) is 3.83. The lowest BCUT2D eigenvalue weighted by Crippen LogP contribution is -2.34. The Kier molecular flexibility index (Phi) is 6.96. The van der Waals surface area contributed by atoms with E-state index in [4.69, 9.17) is 9.47 Å². The van der Waals surface area contributed by atoms with Gasteiger partial charge in [-0.3, -0.25) is 14.6 Å². The number of rotatable bonds is 8. The van der Waals surface area contributed by atoms with Crippen molar-refractivity contribution in [3.05, 3.63) is 48.3 Å². The standard InChI is InChI=1S/C19H23N3O4/c1-14(23)22(17-11-16(25-2)6-7-18(17)26-3)10-8-19(24)21-13-15-5-4-9-20-12-15/h4-7,9,11-12H,8,10,13H2,1-3H3,(H,21,24). The van der Waals surface area contributed by atoms with Gasteiger partial charge in [0.1, 0.15) is 11.5 Å². The molecule has 1 aromatic heterocycles. The van der Waals surface area contributed by atoms with Gasteiger partial charge >= 0.3 is 0 Å². The third-order valence-corrected chi connectivity index (χ3v) is 3.83. The van der Waals surface area contributed by atoms with E-state index in [1.54, 1.807) is 37.7 Å². The van der Waals surface area contributed by atoms with Crippen LogP contribution < -0.4 is 19.7 Å². The van der Waals surface area contributed by atoms with Crippen molar-refractivity contribution >= 4 is 17.5 Å². The summed E-state index contributed by atoms with van der Waals surface area (Å²) in [6, 6.07) is 8.89. The fourth-order valence-electron chi connectivity index (χ4n) is 2.46. The molecule has 0 aliphatic rings. The van der Waals surface area contributed by atoms with Crippen molar-refractivity contribution in [2.75, 3.05) is 25.7 Å². The van der Waals surface area contributed by atoms with E-state index in [9.17, 15) is 9.59 Å². The largest absolute Gasteiger partial charge is 0.497 e. The Morgan fingerprint density at radius 1 is 1.19 bits per heavy atom. The molecule has 1 aromatic carbocycles. The minimum Gasteiger partial charge on any atom is -0.497 e. The lowest BCUT2D eigenvalue weighted by Gasteiger charge is -2.23. The summed E-state index contributed by atoms with van der Waals surface area (Å²) in [6.07, 6.45) is 3.54. The second-order valence-corrected chi connectivity index (χ2v) is 5.60. The number of benzene rings is 1. The first-order chi connectivity index (χ1) is 12.5. The predicted molar refractivity (Wildman–Crippen MR) is 98.3 cm³/mol. The van der Waals surface area contributed by atoms with Crippen LogP contribution in [-0.4, -0.2) is 37.6 Å². The maximum atomic E-state index is 12.1. The van der Waals surface area contributed by atoms with E-state index in [1.165, 1.54) is 18.9 Å². The van der Waals surface area contributed by atoms with Gasteiger partial charge in [0, 0.05) is 44.9 Å². The molecule has 0 fully saturated rings. The highest BCUT2D eigenvalue weighted by Crippen LogP contribution is 2.32. The third kappa shape index (κ3) is 5.20. The van der Waals surface area contributed by atoms with Crippen molar-refractivity contribution in [2.24, 2.45) is 0 Å². The number of ether oxygens (including phenoxy) is 2. The van der Waals surface area contributed by atoms with Crippen LogP contribution in [0.2, 0.25) is 0 Å². The summed E-state index contributed by atoms with van der Waals surface area (Å²) in [5.74, 6) is 0.809. The lowest BCUT2D eigenvalue weighted by molar-refractivity contribution is -0.121. The van der Waals surface area contributed by atoms with E-state index in [0.717, 1.165) is 5.56 Å². The number of pyridine rings is 1. The molecule has 0 saturated heterocycles. The number of anilines is 1. The normalized spacial score (nSPS) is 10.1. The van der Waals surface area contributed by atoms with Gasteiger partial charge in [-0.1, -0.05) is 6.07 Å². The van der Waals surface area contributed by atoms with Gasteiger partial charge in [-0.2, -0.15) is 0 Å². The van der Waals surface area contributed by atoms with Gasteiger partial charge in [-0.15, -0.1) is 0 Å². The number of hydrogen-bond acceptors (Lipinski definition) is 5. The Hall–Kier alpha value is -3.09. The topological polar surface area (TPSA) is 80.8 Å². The summed E-state index contributed by atoms with van der Waals surface area (Å²) in [7, 11) is 3.08. The zero-order chi connectivity index (χ0) is 18.9. The summed E-state index contributed by atoms with van der Waals surface area (Å²) < 4.78 is 10.5. The average molecular weight is 357 g/mol. The van der Waals surface area contributed by atoms with Crippen molar-refractivity contribution in [2.45, 2.75) is 19.9 Å². The molecule has 1 N–H and O–H groups in total. The number of nitrogens with zero attached hydrogens (tertiary/aromatic N) is 2. The van der Waals surface area contributed by atoms with Crippen molar-refractivity contribution in [3.8, 4) is 11.5 Å². The molecule has 0 spiro atoms. The fraction of sp³-hybridized carbons (Fsp3) is 0.316. The Balaban J connectivity index is 2.02. The fourth-order valence-corrected chi connectivity index (χ4v) is 2.46. The number of hydrogen-bond donors (Lipinski definition) is 1. The lowest BCUT2D eigenvalue weighted by atomic mass is 10.2. The molecule has 2 aromatic rings. The highest BCUT2D eigenvalue weighted by atomic mass is 16.5. The summed E-state index contributed by atoms with van der Waals surface area (Å²) in [5, 5.41) is 2.82. The number of carbonyl (C=O) groups is 2. The zero-order valence-corrected chi connectivity index (χ0v) is 15.2. The van der Waals surface area contributed by atoms with Crippen molar-refractivity contribution in [3.63, 3.8) is 0 Å². The van der Waals surface area contributed by atoms with E-state index in [0.29, 0.717) is 23.7 Å². The Bertz CT molecular complexity index is 750. The molecule has 26 heavy (non-hydrogen) atoms. The highest BCUT2D eigenvalue weighted by molar-refractivity contribution is 5.94. The molecule has 0 atom stereocenters. The summed E-state index contributed by atoms with van der Waals surface area (Å²) in [4.78, 5) is 29.7. The van der Waals surface area contributed by atoms with Crippen LogP contribution in [0.5, 0.6) is 11.5 Å². The van der Waals surface area contributed by atoms with Gasteiger partial charge in [0.05, 0.1) is 19.9 Å². The number of nitrogens with one attached hydrogen (secondary N) is 1. The molecular weight excluding hydrogens is 334 g/mol. The van der Waals surface area contributed by atoms with E-state index < -0.39 is 0 Å². The molecule has 0 radical (unpaired) electrons. The predicted octanol–water partition coefficient (Wildman–Crippen LogP) is 2.16. The van der Waals surface area contributed by atoms with Crippen LogP contribution in [0.15, 0.2) is 42.7 Å². The smallest absolute Gasteiger partial charge is 0.223 e. The van der Waals surface area contributed by atoms with Gasteiger partial charge in [-0.05, 0) is 23.8 Å². The number of methoxy groups -OCH3 is 2. The Labute approximate surface area is 152 Å². The molecule has 0 bridgehead atoms. The van der Waals surface area contributed by atoms with Gasteiger partial charge < -0.3 is 19.7 Å². The van der Waals surface area contributed by atoms with Crippen LogP contribution in [-0.2, 0) is 16.1 Å². The minimum absolute atomic E-state index is 0.151. The maximum absolute atomic E-state index is 12.1. The molecule has 0 aliphatic heterocycles. The molecule has 1 heterocycles. The van der Waals surface area contributed by atoms with Gasteiger partial charge in [0.2, 0.25) is 11.8 Å². The number of aromatic nitrogens is 1. The van der Waals surface area contributed by atoms with Crippen LogP contribution >= 0.6 is 0 Å². The van der Waals surface area contributed by atoms with E-state index in [1.807, 2.05) is 12.1 Å². The minimum atomic E-state index is -0.184. The SMILES string of the molecule is COc1ccc(OC)c(N(CCC(=O)NCc2cccnc2)C(C)=O)c1. The number of carbonyl (C=O) groups excluding carboxylic acids is 2. The first kappa shape index (κ1) is 19.2. The molecule has 0 aliphatic carbocycles. The average Bonchev–Trinajstić information content (AvgIpc) is 2.67. The molecule has 7 nitrogen and oxygen atoms in total. The van der Waals surface area contributed by atoms with Crippen LogP contribution in [0.1, 0.15) is 18.9 Å². The van der Waals surface area contributed by atoms with Gasteiger partial charge in [0.15, 0.2) is 0 Å². The zero-order valence-electron chi connectivity index (χ0n) is 15.2. The second-order valence-electron chi connectivity index (χ2n) is 5.60. The summed E-state index contributed by atoms with van der Waals surface area (Å²) in [6.45, 7) is 2.08. The van der Waals surface area contributed by atoms with Crippen molar-refractivity contribution in [1.82, 2.24) is 10.3 Å². The molecule has 2 rings (SSSR count). The monoisotopic (exact) mass is 357 g/mol. The van der Waals surface area contributed by atoms with E-state index in [2.05, 4.69) is 10.3 Å². The Morgan fingerprint density at radius 2 is 2.00 bits per heavy atom.